The molecule has 0 spiro atoms. The van der Waals surface area contributed by atoms with Gasteiger partial charge < -0.3 is 0 Å². The average molecular weight is 193 g/mol. The molecule has 0 atom stereocenters. The molecule has 1 nitrogen and oxygen atoms in total. The van der Waals surface area contributed by atoms with Crippen molar-refractivity contribution in [2.24, 2.45) is 0 Å². The lowest BCUT2D eigenvalue weighted by molar-refractivity contribution is 0.603. The summed E-state index contributed by atoms with van der Waals surface area (Å²) in [6, 6.07) is 5.01. The Morgan fingerprint density at radius 3 is 2.50 bits per heavy atom. The van der Waals surface area contributed by atoms with Crippen LogP contribution in [0.1, 0.15) is 0 Å². The summed E-state index contributed by atoms with van der Waals surface area (Å²) < 4.78 is 10.3. The molecule has 52 valence electrons. The lowest BCUT2D eigenvalue weighted by Crippen LogP contribution is -1.91. The van der Waals surface area contributed by atoms with Crippen LogP contribution in [0.5, 0.6) is 0 Å². The minimum Gasteiger partial charge on any atom is -0.269 e. The Hall–Kier alpha value is -0.100. The van der Waals surface area contributed by atoms with Crippen LogP contribution in [-0.2, 0) is 4.57 Å². The van der Waals surface area contributed by atoms with Crippen molar-refractivity contribution in [1.82, 2.24) is 0 Å². The summed E-state index contributed by atoms with van der Waals surface area (Å²) in [4.78, 5) is 0. The highest BCUT2D eigenvalue weighted by Crippen LogP contribution is 2.21. The maximum absolute atomic E-state index is 10.3. The first kappa shape index (κ1) is 8.00. The molecule has 0 aliphatic heterocycles. The molecule has 4 heteroatoms. The molecule has 0 radical (unpaired) electrons. The average Bonchev–Trinajstić information content (AvgIpc) is 1.95. The van der Waals surface area contributed by atoms with Gasteiger partial charge in [-0.05, 0) is 12.1 Å². The van der Waals surface area contributed by atoms with Gasteiger partial charge in [0, 0.05) is 0 Å². The number of hydrogen-bond acceptors (Lipinski definition) is 1. The molecule has 10 heavy (non-hydrogen) atoms. The predicted octanol–water partition coefficient (Wildman–Crippen LogP) is 2.91. The third-order valence-electron chi connectivity index (χ3n) is 1.03. The monoisotopic (exact) mass is 192 g/mol. The summed E-state index contributed by atoms with van der Waals surface area (Å²) in [5.41, 5.74) is 0. The summed E-state index contributed by atoms with van der Waals surface area (Å²) in [5, 5.41) is 1.32. The molecule has 1 rings (SSSR count). The van der Waals surface area contributed by atoms with Crippen LogP contribution < -0.4 is 5.30 Å². The Morgan fingerprint density at radius 2 is 2.00 bits per heavy atom. The molecule has 0 amide bonds. The van der Waals surface area contributed by atoms with Crippen LogP contribution in [0.15, 0.2) is 18.2 Å². The Labute approximate surface area is 70.2 Å². The molecule has 0 fully saturated rings. The van der Waals surface area contributed by atoms with E-state index in [0.717, 1.165) is 0 Å². The van der Waals surface area contributed by atoms with Crippen LogP contribution in [-0.4, -0.2) is 0 Å². The SMILES string of the molecule is O=Pc1cccc(Cl)c1Cl. The van der Waals surface area contributed by atoms with Crippen LogP contribution in [0, 0.1) is 0 Å². The minimum atomic E-state index is -0.0990. The minimum absolute atomic E-state index is 0.0990. The van der Waals surface area contributed by atoms with E-state index in [4.69, 9.17) is 23.2 Å². The second-order valence-corrected chi connectivity index (χ2v) is 3.11. The quantitative estimate of drug-likeness (QED) is 0.626. The van der Waals surface area contributed by atoms with Crippen LogP contribution in [0.3, 0.4) is 0 Å². The fourth-order valence-electron chi connectivity index (χ4n) is 0.563. The number of halogens is 2. The molecule has 0 aliphatic carbocycles. The van der Waals surface area contributed by atoms with Crippen molar-refractivity contribution >= 4 is 37.0 Å². The van der Waals surface area contributed by atoms with Gasteiger partial charge in [0.1, 0.15) is 0 Å². The van der Waals surface area contributed by atoms with Gasteiger partial charge in [-0.2, -0.15) is 0 Å². The van der Waals surface area contributed by atoms with Gasteiger partial charge in [-0.15, -0.1) is 0 Å². The molecule has 0 saturated heterocycles. The second kappa shape index (κ2) is 3.34. The maximum atomic E-state index is 10.3. The van der Waals surface area contributed by atoms with Gasteiger partial charge in [-0.25, -0.2) is 0 Å². The van der Waals surface area contributed by atoms with Gasteiger partial charge >= 0.3 is 0 Å². The molecule has 0 heterocycles. The summed E-state index contributed by atoms with van der Waals surface area (Å²) in [5.74, 6) is 0. The summed E-state index contributed by atoms with van der Waals surface area (Å²) >= 11 is 11.3. The molecule has 1 aromatic rings. The smallest absolute Gasteiger partial charge is 0.193 e. The van der Waals surface area contributed by atoms with Gasteiger partial charge in [0.15, 0.2) is 8.46 Å². The molecule has 0 N–H and O–H groups in total. The fraction of sp³-hybridized carbons (Fsp3) is 0. The normalized spacial score (nSPS) is 10.2. The van der Waals surface area contributed by atoms with Crippen LogP contribution >= 0.6 is 31.7 Å². The van der Waals surface area contributed by atoms with E-state index in [-0.39, 0.29) is 8.46 Å². The molecule has 1 aromatic carbocycles. The van der Waals surface area contributed by atoms with Gasteiger partial charge in [-0.3, -0.25) is 4.57 Å². The van der Waals surface area contributed by atoms with E-state index in [2.05, 4.69) is 0 Å². The maximum Gasteiger partial charge on any atom is 0.193 e. The van der Waals surface area contributed by atoms with Crippen molar-refractivity contribution in [1.29, 1.82) is 0 Å². The summed E-state index contributed by atoms with van der Waals surface area (Å²) in [6.45, 7) is 0. The second-order valence-electron chi connectivity index (χ2n) is 1.66. The topological polar surface area (TPSA) is 17.1 Å². The van der Waals surface area contributed by atoms with E-state index in [1.54, 1.807) is 18.2 Å². The third kappa shape index (κ3) is 1.49. The molecule has 0 aromatic heterocycles. The lowest BCUT2D eigenvalue weighted by atomic mass is 10.4. The molecule has 0 aliphatic rings. The van der Waals surface area contributed by atoms with E-state index < -0.39 is 0 Å². The number of hydrogen-bond donors (Lipinski definition) is 0. The Balaban J connectivity index is 3.27. The first-order chi connectivity index (χ1) is 4.75. The van der Waals surface area contributed by atoms with E-state index in [0.29, 0.717) is 15.3 Å². The van der Waals surface area contributed by atoms with Gasteiger partial charge in [0.05, 0.1) is 15.3 Å². The Morgan fingerprint density at radius 1 is 1.30 bits per heavy atom. The van der Waals surface area contributed by atoms with Crippen molar-refractivity contribution in [2.75, 3.05) is 0 Å². The number of benzene rings is 1. The largest absolute Gasteiger partial charge is 0.269 e. The van der Waals surface area contributed by atoms with E-state index in [1.165, 1.54) is 0 Å². The zero-order valence-electron chi connectivity index (χ0n) is 4.84. The van der Waals surface area contributed by atoms with E-state index in [1.807, 2.05) is 0 Å². The van der Waals surface area contributed by atoms with Crippen molar-refractivity contribution in [3.05, 3.63) is 28.2 Å². The fourth-order valence-corrected chi connectivity index (χ4v) is 1.38. The summed E-state index contributed by atoms with van der Waals surface area (Å²) in [7, 11) is -0.0990. The highest BCUT2D eigenvalue weighted by molar-refractivity contribution is 7.34. The standard InChI is InChI=1S/C6H3Cl2OP/c7-4-2-1-3-5(10-9)6(4)8/h1-3H. The molecule has 0 bridgehead atoms. The predicted molar refractivity (Wildman–Crippen MR) is 43.7 cm³/mol. The zero-order chi connectivity index (χ0) is 7.56. The third-order valence-corrected chi connectivity index (χ3v) is 2.55. The molecular weight excluding hydrogens is 190 g/mol. The summed E-state index contributed by atoms with van der Waals surface area (Å²) in [6.07, 6.45) is 0. The highest BCUT2D eigenvalue weighted by Gasteiger charge is 2.01. The molecular formula is C6H3Cl2OP. The number of rotatable bonds is 1. The Bertz CT molecular complexity index is 262. The lowest BCUT2D eigenvalue weighted by Gasteiger charge is -1.94. The molecule has 0 unspecified atom stereocenters. The first-order valence-corrected chi connectivity index (χ1v) is 4.10. The first-order valence-electron chi connectivity index (χ1n) is 2.53. The van der Waals surface area contributed by atoms with Gasteiger partial charge in [-0.1, -0.05) is 29.3 Å². The molecule has 0 saturated carbocycles. The van der Waals surface area contributed by atoms with E-state index in [9.17, 15) is 4.57 Å². The van der Waals surface area contributed by atoms with Crippen molar-refractivity contribution in [2.45, 2.75) is 0 Å². The Kier molecular flexibility index (Phi) is 2.67. The van der Waals surface area contributed by atoms with Crippen LogP contribution in [0.2, 0.25) is 10.0 Å². The van der Waals surface area contributed by atoms with E-state index >= 15 is 0 Å². The van der Waals surface area contributed by atoms with Crippen molar-refractivity contribution in [3.63, 3.8) is 0 Å². The van der Waals surface area contributed by atoms with Crippen molar-refractivity contribution in [3.8, 4) is 0 Å². The highest BCUT2D eigenvalue weighted by atomic mass is 35.5. The van der Waals surface area contributed by atoms with Gasteiger partial charge in [0.25, 0.3) is 0 Å². The van der Waals surface area contributed by atoms with Crippen LogP contribution in [0.25, 0.3) is 0 Å². The zero-order valence-corrected chi connectivity index (χ0v) is 7.25. The van der Waals surface area contributed by atoms with Gasteiger partial charge in [0.2, 0.25) is 0 Å². The van der Waals surface area contributed by atoms with Crippen molar-refractivity contribution < 1.29 is 4.57 Å². The van der Waals surface area contributed by atoms with Crippen LogP contribution in [0.4, 0.5) is 0 Å².